The number of hydrogen-bond donors (Lipinski definition) is 2. The van der Waals surface area contributed by atoms with E-state index in [1.54, 1.807) is 24.3 Å². The molecule has 0 radical (unpaired) electrons. The topological polar surface area (TPSA) is 66.4 Å². The summed E-state index contributed by atoms with van der Waals surface area (Å²) in [5.41, 5.74) is 1.38. The van der Waals surface area contributed by atoms with E-state index >= 15 is 0 Å². The molecule has 2 N–H and O–H groups in total. The molecule has 142 valence electrons. The van der Waals surface area contributed by atoms with Gasteiger partial charge in [-0.1, -0.05) is 24.3 Å². The van der Waals surface area contributed by atoms with Gasteiger partial charge in [0.25, 0.3) is 0 Å². The number of carbonyl (C=O) groups excluding carboxylic acids is 1. The zero-order chi connectivity index (χ0) is 19.4. The first-order valence-electron chi connectivity index (χ1n) is 8.98. The third-order valence-corrected chi connectivity index (χ3v) is 5.14. The molecule has 1 fully saturated rings. The lowest BCUT2D eigenvalue weighted by Crippen LogP contribution is -2.37. The van der Waals surface area contributed by atoms with Crippen LogP contribution in [0, 0.1) is 23.5 Å². The van der Waals surface area contributed by atoms with Crippen molar-refractivity contribution in [3.8, 4) is 0 Å². The second-order valence-corrected chi connectivity index (χ2v) is 6.93. The summed E-state index contributed by atoms with van der Waals surface area (Å²) >= 11 is 0. The second kappa shape index (κ2) is 8.29. The van der Waals surface area contributed by atoms with Crippen LogP contribution in [0.3, 0.4) is 0 Å². The minimum atomic E-state index is -0.815. The summed E-state index contributed by atoms with van der Waals surface area (Å²) in [7, 11) is 0. The summed E-state index contributed by atoms with van der Waals surface area (Å²) in [5.74, 6) is -2.39. The highest BCUT2D eigenvalue weighted by Gasteiger charge is 2.31. The summed E-state index contributed by atoms with van der Waals surface area (Å²) in [6, 6.07) is 11.1. The van der Waals surface area contributed by atoms with Crippen molar-refractivity contribution in [3.63, 3.8) is 0 Å². The highest BCUT2D eigenvalue weighted by Crippen LogP contribution is 2.30. The van der Waals surface area contributed by atoms with E-state index < -0.39 is 12.0 Å². The van der Waals surface area contributed by atoms with Crippen molar-refractivity contribution in [2.45, 2.75) is 31.7 Å². The van der Waals surface area contributed by atoms with E-state index in [9.17, 15) is 18.4 Å². The van der Waals surface area contributed by atoms with Crippen LogP contribution < -0.4 is 5.32 Å². The quantitative estimate of drug-likeness (QED) is 0.831. The van der Waals surface area contributed by atoms with Crippen LogP contribution in [0.4, 0.5) is 8.78 Å². The van der Waals surface area contributed by atoms with Crippen LogP contribution >= 0.6 is 0 Å². The molecule has 1 aliphatic rings. The van der Waals surface area contributed by atoms with Gasteiger partial charge >= 0.3 is 5.97 Å². The van der Waals surface area contributed by atoms with Crippen LogP contribution in [0.2, 0.25) is 0 Å². The average molecular weight is 373 g/mol. The predicted octanol–water partition coefficient (Wildman–Crippen LogP) is 4.06. The van der Waals surface area contributed by atoms with E-state index in [1.807, 2.05) is 0 Å². The molecule has 0 spiro atoms. The molecule has 0 unspecified atom stereocenters. The first-order valence-corrected chi connectivity index (χ1v) is 8.98. The zero-order valence-electron chi connectivity index (χ0n) is 14.7. The number of nitrogens with one attached hydrogen (secondary N) is 1. The molecule has 6 heteroatoms. The van der Waals surface area contributed by atoms with Crippen molar-refractivity contribution in [1.82, 2.24) is 5.32 Å². The molecule has 0 atom stereocenters. The molecule has 2 aromatic carbocycles. The molecule has 0 aromatic heterocycles. The Bertz CT molecular complexity index is 752. The summed E-state index contributed by atoms with van der Waals surface area (Å²) in [4.78, 5) is 23.8. The fourth-order valence-corrected chi connectivity index (χ4v) is 3.53. The summed E-state index contributed by atoms with van der Waals surface area (Å²) in [6.45, 7) is 0. The lowest BCUT2D eigenvalue weighted by Gasteiger charge is -2.28. The van der Waals surface area contributed by atoms with E-state index in [0.717, 1.165) is 0 Å². The number of benzene rings is 2. The van der Waals surface area contributed by atoms with Crippen LogP contribution in [-0.2, 0) is 9.59 Å². The predicted molar refractivity (Wildman–Crippen MR) is 95.9 cm³/mol. The highest BCUT2D eigenvalue weighted by atomic mass is 19.1. The molecule has 0 saturated heterocycles. The Morgan fingerprint density at radius 3 is 1.63 bits per heavy atom. The van der Waals surface area contributed by atoms with Crippen molar-refractivity contribution in [3.05, 3.63) is 71.3 Å². The van der Waals surface area contributed by atoms with Crippen LogP contribution in [0.15, 0.2) is 48.5 Å². The Morgan fingerprint density at radius 2 is 1.22 bits per heavy atom. The molecule has 0 bridgehead atoms. The molecule has 1 saturated carbocycles. The van der Waals surface area contributed by atoms with Gasteiger partial charge in [0, 0.05) is 5.92 Å². The Balaban J connectivity index is 1.77. The number of halogens is 2. The van der Waals surface area contributed by atoms with Gasteiger partial charge < -0.3 is 10.4 Å². The number of carbonyl (C=O) groups is 2. The molecular weight excluding hydrogens is 352 g/mol. The molecule has 1 amide bonds. The molecule has 0 aliphatic heterocycles. The van der Waals surface area contributed by atoms with Gasteiger partial charge in [-0.05, 0) is 61.1 Å². The number of carboxylic acid groups (broad SMARTS) is 1. The van der Waals surface area contributed by atoms with Crippen LogP contribution in [-0.4, -0.2) is 17.0 Å². The molecule has 0 heterocycles. The molecule has 1 aliphatic carbocycles. The van der Waals surface area contributed by atoms with Gasteiger partial charge in [0.1, 0.15) is 11.6 Å². The van der Waals surface area contributed by atoms with Crippen molar-refractivity contribution in [2.75, 3.05) is 0 Å². The summed E-state index contributed by atoms with van der Waals surface area (Å²) in [5, 5.41) is 12.1. The Morgan fingerprint density at radius 1 is 0.815 bits per heavy atom. The minimum absolute atomic E-state index is 0.169. The fourth-order valence-electron chi connectivity index (χ4n) is 3.53. The average Bonchev–Trinajstić information content (AvgIpc) is 2.67. The van der Waals surface area contributed by atoms with E-state index in [4.69, 9.17) is 5.11 Å². The van der Waals surface area contributed by atoms with Gasteiger partial charge in [0.2, 0.25) is 5.91 Å². The van der Waals surface area contributed by atoms with E-state index in [2.05, 4.69) is 5.32 Å². The third-order valence-electron chi connectivity index (χ3n) is 5.14. The van der Waals surface area contributed by atoms with E-state index in [-0.39, 0.29) is 29.4 Å². The van der Waals surface area contributed by atoms with Crippen molar-refractivity contribution < 1.29 is 23.5 Å². The SMILES string of the molecule is O=C(O)C1CCC(C(=O)NC(c2ccc(F)cc2)c2ccc(F)cc2)CC1. The fraction of sp³-hybridized carbons (Fsp3) is 0.333. The van der Waals surface area contributed by atoms with Crippen molar-refractivity contribution in [2.24, 2.45) is 11.8 Å². The van der Waals surface area contributed by atoms with Crippen LogP contribution in [0.5, 0.6) is 0 Å². The van der Waals surface area contributed by atoms with Crippen LogP contribution in [0.25, 0.3) is 0 Å². The van der Waals surface area contributed by atoms with Crippen molar-refractivity contribution in [1.29, 1.82) is 0 Å². The van der Waals surface area contributed by atoms with Crippen LogP contribution in [0.1, 0.15) is 42.9 Å². The van der Waals surface area contributed by atoms with Gasteiger partial charge in [-0.25, -0.2) is 8.78 Å². The molecule has 2 aromatic rings. The van der Waals surface area contributed by atoms with Gasteiger partial charge in [0.15, 0.2) is 0 Å². The number of amides is 1. The van der Waals surface area contributed by atoms with E-state index in [1.165, 1.54) is 24.3 Å². The van der Waals surface area contributed by atoms with Gasteiger partial charge in [-0.2, -0.15) is 0 Å². The lowest BCUT2D eigenvalue weighted by molar-refractivity contribution is -0.144. The van der Waals surface area contributed by atoms with Gasteiger partial charge in [0.05, 0.1) is 12.0 Å². The lowest BCUT2D eigenvalue weighted by atomic mass is 9.81. The molecule has 27 heavy (non-hydrogen) atoms. The van der Waals surface area contributed by atoms with E-state index in [0.29, 0.717) is 36.8 Å². The number of hydrogen-bond acceptors (Lipinski definition) is 2. The monoisotopic (exact) mass is 373 g/mol. The first-order chi connectivity index (χ1) is 12.9. The third kappa shape index (κ3) is 4.70. The first kappa shape index (κ1) is 19.0. The number of carboxylic acids is 1. The smallest absolute Gasteiger partial charge is 0.306 e. The number of aliphatic carboxylic acids is 1. The van der Waals surface area contributed by atoms with Gasteiger partial charge in [-0.15, -0.1) is 0 Å². The minimum Gasteiger partial charge on any atom is -0.481 e. The zero-order valence-corrected chi connectivity index (χ0v) is 14.7. The van der Waals surface area contributed by atoms with Gasteiger partial charge in [-0.3, -0.25) is 9.59 Å². The second-order valence-electron chi connectivity index (χ2n) is 6.93. The number of rotatable bonds is 5. The summed E-state index contributed by atoms with van der Waals surface area (Å²) < 4.78 is 26.6. The van der Waals surface area contributed by atoms with Crippen molar-refractivity contribution >= 4 is 11.9 Å². The maximum Gasteiger partial charge on any atom is 0.306 e. The Kier molecular flexibility index (Phi) is 5.84. The Labute approximate surface area is 156 Å². The summed E-state index contributed by atoms with van der Waals surface area (Å²) in [6.07, 6.45) is 1.99. The normalized spacial score (nSPS) is 19.7. The maximum absolute atomic E-state index is 13.3. The Hall–Kier alpha value is -2.76. The molecule has 4 nitrogen and oxygen atoms in total. The molecular formula is C21H21F2NO3. The largest absolute Gasteiger partial charge is 0.481 e. The molecule has 3 rings (SSSR count). The standard InChI is InChI=1S/C21H21F2NO3/c22-17-9-5-13(6-10-17)19(14-7-11-18(23)12-8-14)24-20(25)15-1-3-16(4-2-15)21(26)27/h5-12,15-16,19H,1-4H2,(H,24,25)(H,26,27). The maximum atomic E-state index is 13.3. The highest BCUT2D eigenvalue weighted by molar-refractivity contribution is 5.80.